The molecule has 1 aromatic heterocycles. The summed E-state index contributed by atoms with van der Waals surface area (Å²) in [5.41, 5.74) is 0. The largest absolute Gasteiger partial charge is 0.445 e. The number of hydrogen-bond acceptors (Lipinski definition) is 2. The van der Waals surface area contributed by atoms with Gasteiger partial charge in [0.1, 0.15) is 5.76 Å². The topological polar surface area (TPSA) is 26.0 Å². The Balaban J connectivity index is 1.70. The van der Waals surface area contributed by atoms with Gasteiger partial charge in [-0.15, -0.1) is 0 Å². The molecule has 0 aromatic carbocycles. The van der Waals surface area contributed by atoms with Crippen LogP contribution in [0.5, 0.6) is 0 Å². The van der Waals surface area contributed by atoms with Crippen LogP contribution in [-0.4, -0.2) is 4.98 Å². The van der Waals surface area contributed by atoms with Crippen molar-refractivity contribution in [2.75, 3.05) is 0 Å². The van der Waals surface area contributed by atoms with Gasteiger partial charge in [0.15, 0.2) is 5.89 Å². The van der Waals surface area contributed by atoms with Gasteiger partial charge in [0, 0.05) is 12.3 Å². The first kappa shape index (κ1) is 25.5. The van der Waals surface area contributed by atoms with E-state index in [0.29, 0.717) is 5.92 Å². The Labute approximate surface area is 188 Å². The van der Waals surface area contributed by atoms with Crippen molar-refractivity contribution >= 4 is 0 Å². The number of unbranched alkanes of at least 4 members (excludes halogenated alkanes) is 10. The third-order valence-corrected chi connectivity index (χ3v) is 7.29. The van der Waals surface area contributed by atoms with Gasteiger partial charge in [0.25, 0.3) is 0 Å². The van der Waals surface area contributed by atoms with Crippen LogP contribution in [0.15, 0.2) is 10.6 Å². The lowest BCUT2D eigenvalue weighted by molar-refractivity contribution is 0.206. The van der Waals surface area contributed by atoms with Gasteiger partial charge in [-0.3, -0.25) is 0 Å². The molecule has 0 radical (unpaired) electrons. The average molecular weight is 418 g/mol. The van der Waals surface area contributed by atoms with Gasteiger partial charge in [-0.1, -0.05) is 124 Å². The van der Waals surface area contributed by atoms with E-state index in [0.717, 1.165) is 29.9 Å². The van der Waals surface area contributed by atoms with Crippen LogP contribution in [0, 0.1) is 11.8 Å². The lowest BCUT2D eigenvalue weighted by Crippen LogP contribution is -2.22. The molecule has 0 unspecified atom stereocenters. The fraction of sp³-hybridized carbons (Fsp3) is 0.893. The Hall–Kier alpha value is -0.790. The lowest BCUT2D eigenvalue weighted by Gasteiger charge is -2.33. The fourth-order valence-corrected chi connectivity index (χ4v) is 5.17. The van der Waals surface area contributed by atoms with Crippen molar-refractivity contribution < 1.29 is 4.42 Å². The van der Waals surface area contributed by atoms with Crippen molar-refractivity contribution in [3.63, 3.8) is 0 Å². The van der Waals surface area contributed by atoms with E-state index in [2.05, 4.69) is 27.0 Å². The van der Waals surface area contributed by atoms with E-state index in [9.17, 15) is 0 Å². The molecule has 2 rings (SSSR count). The van der Waals surface area contributed by atoms with Crippen LogP contribution in [0.2, 0.25) is 0 Å². The molecular formula is C28H51NO. The summed E-state index contributed by atoms with van der Waals surface area (Å²) in [6.07, 6.45) is 27.9. The first-order valence-corrected chi connectivity index (χ1v) is 13.7. The Morgan fingerprint density at radius 3 is 1.97 bits per heavy atom. The molecule has 1 aromatic rings. The maximum absolute atomic E-state index is 6.27. The smallest absolute Gasteiger partial charge is 0.197 e. The zero-order valence-electron chi connectivity index (χ0n) is 20.6. The molecule has 0 bridgehead atoms. The molecule has 174 valence electrons. The predicted molar refractivity (Wildman–Crippen MR) is 130 cm³/mol. The summed E-state index contributed by atoms with van der Waals surface area (Å²) >= 11 is 0. The molecule has 0 aliphatic heterocycles. The van der Waals surface area contributed by atoms with Gasteiger partial charge in [0.05, 0.1) is 6.20 Å². The normalized spacial score (nSPS) is 18.8. The summed E-state index contributed by atoms with van der Waals surface area (Å²) in [6, 6.07) is 0. The van der Waals surface area contributed by atoms with E-state index in [1.54, 1.807) is 0 Å². The molecule has 2 heteroatoms. The molecule has 1 aliphatic carbocycles. The van der Waals surface area contributed by atoms with Crippen LogP contribution in [0.3, 0.4) is 0 Å². The van der Waals surface area contributed by atoms with Gasteiger partial charge in [-0.2, -0.15) is 0 Å². The van der Waals surface area contributed by atoms with E-state index in [1.165, 1.54) is 116 Å². The molecule has 1 saturated carbocycles. The number of oxazole rings is 1. The third kappa shape index (κ3) is 10.0. The quantitative estimate of drug-likeness (QED) is 0.209. The van der Waals surface area contributed by atoms with E-state index in [4.69, 9.17) is 9.40 Å². The zero-order chi connectivity index (χ0) is 21.4. The van der Waals surface area contributed by atoms with Crippen molar-refractivity contribution in [2.45, 2.75) is 149 Å². The van der Waals surface area contributed by atoms with Crippen LogP contribution >= 0.6 is 0 Å². The number of rotatable bonds is 19. The minimum Gasteiger partial charge on any atom is -0.445 e. The SMILES string of the molecule is CCCCCCCC1CC(c2ncc(CC(CCCCCC)CCCCCC)o2)C1. The molecule has 0 spiro atoms. The molecule has 1 heterocycles. The van der Waals surface area contributed by atoms with Gasteiger partial charge >= 0.3 is 0 Å². The third-order valence-electron chi connectivity index (χ3n) is 7.29. The summed E-state index contributed by atoms with van der Waals surface area (Å²) in [6.45, 7) is 6.90. The van der Waals surface area contributed by atoms with Gasteiger partial charge in [-0.25, -0.2) is 4.98 Å². The fourth-order valence-electron chi connectivity index (χ4n) is 5.17. The van der Waals surface area contributed by atoms with Crippen LogP contribution in [0.4, 0.5) is 0 Å². The van der Waals surface area contributed by atoms with E-state index < -0.39 is 0 Å². The van der Waals surface area contributed by atoms with E-state index >= 15 is 0 Å². The molecule has 0 saturated heterocycles. The van der Waals surface area contributed by atoms with Crippen molar-refractivity contribution in [1.82, 2.24) is 4.98 Å². The van der Waals surface area contributed by atoms with E-state index in [-0.39, 0.29) is 0 Å². The van der Waals surface area contributed by atoms with Crippen molar-refractivity contribution in [3.05, 3.63) is 17.8 Å². The molecule has 1 fully saturated rings. The Kier molecular flexibility index (Phi) is 13.5. The summed E-state index contributed by atoms with van der Waals surface area (Å²) in [7, 11) is 0. The molecule has 0 N–H and O–H groups in total. The van der Waals surface area contributed by atoms with Crippen molar-refractivity contribution in [3.8, 4) is 0 Å². The predicted octanol–water partition coefficient (Wildman–Crippen LogP) is 9.63. The number of nitrogens with zero attached hydrogens (tertiary/aromatic N) is 1. The minimum atomic E-state index is 0.604. The summed E-state index contributed by atoms with van der Waals surface area (Å²) in [4.78, 5) is 4.70. The monoisotopic (exact) mass is 417 g/mol. The highest BCUT2D eigenvalue weighted by atomic mass is 16.4. The standard InChI is InChI=1S/C28H51NO/c1-4-7-10-13-16-19-25-20-26(21-25)28-29-23-27(30-28)22-24(17-14-11-8-5-2)18-15-12-9-6-3/h23-26H,4-22H2,1-3H3. The van der Waals surface area contributed by atoms with Crippen LogP contribution < -0.4 is 0 Å². The van der Waals surface area contributed by atoms with Gasteiger partial charge in [-0.05, 0) is 24.7 Å². The second-order valence-corrected chi connectivity index (χ2v) is 10.2. The molecule has 0 atom stereocenters. The number of hydrogen-bond donors (Lipinski definition) is 0. The Morgan fingerprint density at radius 2 is 1.37 bits per heavy atom. The zero-order valence-corrected chi connectivity index (χ0v) is 20.6. The molecule has 30 heavy (non-hydrogen) atoms. The maximum Gasteiger partial charge on any atom is 0.197 e. The van der Waals surface area contributed by atoms with Crippen LogP contribution in [-0.2, 0) is 6.42 Å². The van der Waals surface area contributed by atoms with Gasteiger partial charge < -0.3 is 4.42 Å². The lowest BCUT2D eigenvalue weighted by atomic mass is 9.72. The second-order valence-electron chi connectivity index (χ2n) is 10.2. The highest BCUT2D eigenvalue weighted by Gasteiger charge is 2.33. The summed E-state index contributed by atoms with van der Waals surface area (Å²) < 4.78 is 6.27. The van der Waals surface area contributed by atoms with E-state index in [1.807, 2.05) is 0 Å². The summed E-state index contributed by atoms with van der Waals surface area (Å²) in [5.74, 6) is 4.52. The maximum atomic E-state index is 6.27. The highest BCUT2D eigenvalue weighted by molar-refractivity contribution is 5.04. The van der Waals surface area contributed by atoms with Crippen LogP contribution in [0.25, 0.3) is 0 Å². The van der Waals surface area contributed by atoms with Crippen LogP contribution in [0.1, 0.15) is 154 Å². The minimum absolute atomic E-state index is 0.604. The molecular weight excluding hydrogens is 366 g/mol. The number of aromatic nitrogens is 1. The summed E-state index contributed by atoms with van der Waals surface area (Å²) in [5, 5.41) is 0. The Bertz CT molecular complexity index is 504. The molecule has 0 amide bonds. The van der Waals surface area contributed by atoms with Gasteiger partial charge in [0.2, 0.25) is 0 Å². The Morgan fingerprint density at radius 1 is 0.800 bits per heavy atom. The first-order valence-electron chi connectivity index (χ1n) is 13.7. The second kappa shape index (κ2) is 15.9. The molecule has 2 nitrogen and oxygen atoms in total. The highest BCUT2D eigenvalue weighted by Crippen LogP contribution is 2.44. The average Bonchev–Trinajstić information content (AvgIpc) is 3.17. The first-order chi connectivity index (χ1) is 14.8. The van der Waals surface area contributed by atoms with Crippen molar-refractivity contribution in [2.24, 2.45) is 11.8 Å². The molecule has 1 aliphatic rings. The van der Waals surface area contributed by atoms with Crippen molar-refractivity contribution in [1.29, 1.82) is 0 Å².